The number of hydrogen-bond donors (Lipinski definition) is 1. The third-order valence-electron chi connectivity index (χ3n) is 5.28. The number of nitrogens with two attached hydrogens (primary N) is 1. The third-order valence-corrected chi connectivity index (χ3v) is 5.28. The van der Waals surface area contributed by atoms with Crippen LogP contribution in [0.25, 0.3) is 22.2 Å². The van der Waals surface area contributed by atoms with Crippen molar-refractivity contribution in [1.29, 1.82) is 0 Å². The molecule has 0 fully saturated rings. The molecule has 30 heavy (non-hydrogen) atoms. The van der Waals surface area contributed by atoms with Crippen LogP contribution < -0.4 is 15.2 Å². The predicted octanol–water partition coefficient (Wildman–Crippen LogP) is 3.99. The summed E-state index contributed by atoms with van der Waals surface area (Å²) < 4.78 is 18.5. The molecule has 3 aromatic rings. The summed E-state index contributed by atoms with van der Waals surface area (Å²) in [5, 5.41) is 0.870. The van der Waals surface area contributed by atoms with E-state index in [2.05, 4.69) is 4.57 Å². The molecular weight excluding hydrogens is 380 g/mol. The quantitative estimate of drug-likeness (QED) is 0.651. The number of esters is 1. The van der Waals surface area contributed by atoms with Crippen molar-refractivity contribution in [2.24, 2.45) is 5.73 Å². The van der Waals surface area contributed by atoms with E-state index in [9.17, 15) is 4.79 Å². The standard InChI is InChI=1S/C24H24N2O4/c1-4-30-24(27)21-16(15-8-6-5-7-9-15)12-13-26-18-10-11-20(28-2)23(29-3)17(18)14-19(26)22(21)25/h5-12,14H,4,13,25H2,1-3H3. The van der Waals surface area contributed by atoms with E-state index in [4.69, 9.17) is 19.9 Å². The van der Waals surface area contributed by atoms with Gasteiger partial charge in [-0.2, -0.15) is 0 Å². The second-order valence-corrected chi connectivity index (χ2v) is 6.87. The molecule has 0 unspecified atom stereocenters. The zero-order chi connectivity index (χ0) is 21.3. The van der Waals surface area contributed by atoms with Crippen LogP contribution in [0.4, 0.5) is 0 Å². The molecule has 2 aromatic carbocycles. The van der Waals surface area contributed by atoms with Gasteiger partial charge in [-0.3, -0.25) is 0 Å². The molecule has 6 nitrogen and oxygen atoms in total. The van der Waals surface area contributed by atoms with E-state index >= 15 is 0 Å². The normalized spacial score (nSPS) is 13.5. The van der Waals surface area contributed by atoms with E-state index in [0.29, 0.717) is 29.3 Å². The summed E-state index contributed by atoms with van der Waals surface area (Å²) in [6, 6.07) is 15.5. The fraction of sp³-hybridized carbons (Fsp3) is 0.208. The van der Waals surface area contributed by atoms with E-state index in [1.165, 1.54) is 0 Å². The predicted molar refractivity (Wildman–Crippen MR) is 117 cm³/mol. The maximum atomic E-state index is 12.9. The second kappa shape index (κ2) is 7.99. The molecule has 0 aliphatic carbocycles. The number of benzene rings is 2. The maximum Gasteiger partial charge on any atom is 0.340 e. The molecule has 0 amide bonds. The Hall–Kier alpha value is -3.67. The summed E-state index contributed by atoms with van der Waals surface area (Å²) in [5.41, 5.74) is 10.7. The maximum absolute atomic E-state index is 12.9. The van der Waals surface area contributed by atoms with Gasteiger partial charge in [0.1, 0.15) is 0 Å². The van der Waals surface area contributed by atoms with Crippen LogP contribution in [0.15, 0.2) is 60.2 Å². The largest absolute Gasteiger partial charge is 0.493 e. The lowest BCUT2D eigenvalue weighted by atomic mass is 9.95. The Kier molecular flexibility index (Phi) is 5.23. The molecule has 0 saturated carbocycles. The number of carbonyl (C=O) groups is 1. The molecule has 2 N–H and O–H groups in total. The first-order valence-corrected chi connectivity index (χ1v) is 9.78. The summed E-state index contributed by atoms with van der Waals surface area (Å²) in [5.74, 6) is 0.834. The van der Waals surface area contributed by atoms with Gasteiger partial charge in [-0.1, -0.05) is 36.4 Å². The summed E-state index contributed by atoms with van der Waals surface area (Å²) in [6.45, 7) is 2.60. The highest BCUT2D eigenvalue weighted by atomic mass is 16.5. The highest BCUT2D eigenvalue weighted by Crippen LogP contribution is 2.40. The van der Waals surface area contributed by atoms with Gasteiger partial charge >= 0.3 is 5.97 Å². The third kappa shape index (κ3) is 3.10. The van der Waals surface area contributed by atoms with Crippen LogP contribution >= 0.6 is 0 Å². The lowest BCUT2D eigenvalue weighted by molar-refractivity contribution is -0.137. The summed E-state index contributed by atoms with van der Waals surface area (Å²) in [7, 11) is 3.21. The van der Waals surface area contributed by atoms with Gasteiger partial charge in [0.2, 0.25) is 0 Å². The minimum absolute atomic E-state index is 0.270. The molecule has 1 aliphatic heterocycles. The molecule has 4 rings (SSSR count). The van der Waals surface area contributed by atoms with E-state index < -0.39 is 5.97 Å². The minimum atomic E-state index is -0.437. The van der Waals surface area contributed by atoms with Crippen molar-refractivity contribution in [2.45, 2.75) is 13.5 Å². The average molecular weight is 404 g/mol. The van der Waals surface area contributed by atoms with Gasteiger partial charge in [-0.05, 0) is 36.3 Å². The van der Waals surface area contributed by atoms with Gasteiger partial charge in [0.15, 0.2) is 11.5 Å². The smallest absolute Gasteiger partial charge is 0.340 e. The first-order chi connectivity index (χ1) is 14.6. The molecule has 0 radical (unpaired) electrons. The Balaban J connectivity index is 1.99. The van der Waals surface area contributed by atoms with Crippen LogP contribution in [-0.2, 0) is 16.1 Å². The molecule has 6 heteroatoms. The Morgan fingerprint density at radius 3 is 2.53 bits per heavy atom. The fourth-order valence-corrected chi connectivity index (χ4v) is 3.94. The first-order valence-electron chi connectivity index (χ1n) is 9.78. The number of rotatable bonds is 5. The van der Waals surface area contributed by atoms with Crippen LogP contribution in [0.1, 0.15) is 18.2 Å². The average Bonchev–Trinajstić information content (AvgIpc) is 3.07. The van der Waals surface area contributed by atoms with Crippen molar-refractivity contribution in [3.8, 4) is 11.5 Å². The van der Waals surface area contributed by atoms with Crippen LogP contribution in [0, 0.1) is 0 Å². The Morgan fingerprint density at radius 1 is 1.10 bits per heavy atom. The first kappa shape index (κ1) is 19.6. The zero-order valence-corrected chi connectivity index (χ0v) is 17.3. The summed E-state index contributed by atoms with van der Waals surface area (Å²) in [6.07, 6.45) is 2.01. The van der Waals surface area contributed by atoms with Crippen molar-refractivity contribution in [1.82, 2.24) is 4.57 Å². The van der Waals surface area contributed by atoms with Gasteiger partial charge in [-0.25, -0.2) is 4.79 Å². The summed E-state index contributed by atoms with van der Waals surface area (Å²) in [4.78, 5) is 12.9. The fourth-order valence-electron chi connectivity index (χ4n) is 3.94. The Morgan fingerprint density at radius 2 is 1.87 bits per heavy atom. The van der Waals surface area contributed by atoms with Crippen molar-refractivity contribution >= 4 is 28.1 Å². The topological polar surface area (TPSA) is 75.7 Å². The van der Waals surface area contributed by atoms with Crippen molar-refractivity contribution in [2.75, 3.05) is 20.8 Å². The molecule has 154 valence electrons. The van der Waals surface area contributed by atoms with Gasteiger partial charge in [0.05, 0.1) is 43.3 Å². The monoisotopic (exact) mass is 404 g/mol. The highest BCUT2D eigenvalue weighted by Gasteiger charge is 2.27. The van der Waals surface area contributed by atoms with Crippen LogP contribution in [0.5, 0.6) is 11.5 Å². The minimum Gasteiger partial charge on any atom is -0.493 e. The van der Waals surface area contributed by atoms with E-state index in [1.807, 2.05) is 54.6 Å². The number of hydrogen-bond acceptors (Lipinski definition) is 5. The Bertz CT molecular complexity index is 1170. The van der Waals surface area contributed by atoms with Crippen molar-refractivity contribution in [3.63, 3.8) is 0 Å². The number of fused-ring (bicyclic) bond motifs is 3. The molecule has 0 saturated heterocycles. The van der Waals surface area contributed by atoms with E-state index in [1.54, 1.807) is 21.1 Å². The van der Waals surface area contributed by atoms with Gasteiger partial charge in [0, 0.05) is 11.9 Å². The SMILES string of the molecule is CCOC(=O)C1=C(N)c2cc3c(OC)c(OC)ccc3n2CC=C1c1ccccc1. The van der Waals surface area contributed by atoms with Crippen molar-refractivity contribution < 1.29 is 19.0 Å². The van der Waals surface area contributed by atoms with Crippen LogP contribution in [0.3, 0.4) is 0 Å². The summed E-state index contributed by atoms with van der Waals surface area (Å²) >= 11 is 0. The lowest BCUT2D eigenvalue weighted by Gasteiger charge is -2.13. The molecule has 1 aromatic heterocycles. The van der Waals surface area contributed by atoms with Gasteiger partial charge in [0.25, 0.3) is 0 Å². The van der Waals surface area contributed by atoms with Crippen LogP contribution in [-0.4, -0.2) is 31.4 Å². The van der Waals surface area contributed by atoms with Gasteiger partial charge < -0.3 is 24.5 Å². The van der Waals surface area contributed by atoms with Crippen molar-refractivity contribution in [3.05, 3.63) is 71.4 Å². The van der Waals surface area contributed by atoms with E-state index in [-0.39, 0.29) is 6.61 Å². The second-order valence-electron chi connectivity index (χ2n) is 6.87. The number of aromatic nitrogens is 1. The number of nitrogens with zero attached hydrogens (tertiary/aromatic N) is 1. The molecule has 0 atom stereocenters. The Labute approximate surface area is 175 Å². The van der Waals surface area contributed by atoms with Crippen LogP contribution in [0.2, 0.25) is 0 Å². The number of ether oxygens (including phenoxy) is 3. The lowest BCUT2D eigenvalue weighted by Crippen LogP contribution is -2.15. The molecule has 1 aliphatic rings. The zero-order valence-electron chi connectivity index (χ0n) is 17.3. The number of allylic oxidation sites excluding steroid dienone is 1. The number of carbonyl (C=O) groups excluding carboxylic acids is 1. The number of methoxy groups -OCH3 is 2. The molecular formula is C24H24N2O4. The van der Waals surface area contributed by atoms with Gasteiger partial charge in [-0.15, -0.1) is 0 Å². The van der Waals surface area contributed by atoms with E-state index in [0.717, 1.165) is 27.7 Å². The molecule has 2 heterocycles. The highest BCUT2D eigenvalue weighted by molar-refractivity contribution is 6.13. The molecule has 0 bridgehead atoms. The molecule has 0 spiro atoms.